The van der Waals surface area contributed by atoms with Crippen LogP contribution in [0, 0.1) is 23.6 Å². The van der Waals surface area contributed by atoms with Crippen molar-refractivity contribution in [2.75, 3.05) is 6.61 Å². The first-order chi connectivity index (χ1) is 10.3. The molecule has 2 nitrogen and oxygen atoms in total. The molecule has 3 atom stereocenters. The maximum absolute atomic E-state index is 14.1. The summed E-state index contributed by atoms with van der Waals surface area (Å²) in [5.41, 5.74) is 0.963. The summed E-state index contributed by atoms with van der Waals surface area (Å²) in [4.78, 5) is 0. The third kappa shape index (κ3) is 2.94. The standard InChI is InChI=1S/C18H24FNO/c19-17-3-1-2-14(10-20-16-6-7-16)18(17)21-11-15-9-12-4-5-13(15)8-12/h1-3,12-13,15-16,20H,4-11H2. The van der Waals surface area contributed by atoms with Crippen LogP contribution in [0.2, 0.25) is 0 Å². The molecule has 1 N–H and O–H groups in total. The molecule has 3 heteroatoms. The van der Waals surface area contributed by atoms with Crippen LogP contribution in [-0.2, 0) is 6.54 Å². The minimum Gasteiger partial charge on any atom is -0.490 e. The topological polar surface area (TPSA) is 21.3 Å². The van der Waals surface area contributed by atoms with Crippen molar-refractivity contribution in [1.29, 1.82) is 0 Å². The molecule has 3 aliphatic rings. The third-order valence-electron chi connectivity index (χ3n) is 5.53. The summed E-state index contributed by atoms with van der Waals surface area (Å²) in [6.07, 6.45) is 7.91. The average molecular weight is 289 g/mol. The fourth-order valence-corrected chi connectivity index (χ4v) is 4.17. The largest absolute Gasteiger partial charge is 0.490 e. The van der Waals surface area contributed by atoms with Gasteiger partial charge < -0.3 is 10.1 Å². The molecule has 21 heavy (non-hydrogen) atoms. The van der Waals surface area contributed by atoms with Crippen molar-refractivity contribution in [2.45, 2.75) is 51.1 Å². The van der Waals surface area contributed by atoms with Gasteiger partial charge in [-0.3, -0.25) is 0 Å². The van der Waals surface area contributed by atoms with Crippen molar-refractivity contribution < 1.29 is 9.13 Å². The summed E-state index contributed by atoms with van der Waals surface area (Å²) in [6, 6.07) is 5.90. The van der Waals surface area contributed by atoms with E-state index in [9.17, 15) is 4.39 Å². The van der Waals surface area contributed by atoms with E-state index in [0.29, 0.717) is 30.9 Å². The Morgan fingerprint density at radius 1 is 1.14 bits per heavy atom. The Balaban J connectivity index is 1.40. The van der Waals surface area contributed by atoms with Crippen LogP contribution in [0.4, 0.5) is 4.39 Å². The number of ether oxygens (including phenoxy) is 1. The van der Waals surface area contributed by atoms with Crippen LogP contribution in [0.1, 0.15) is 44.1 Å². The second-order valence-corrected chi connectivity index (χ2v) is 7.13. The zero-order valence-electron chi connectivity index (χ0n) is 12.5. The maximum atomic E-state index is 14.1. The van der Waals surface area contributed by atoms with Crippen molar-refractivity contribution >= 4 is 0 Å². The number of fused-ring (bicyclic) bond motifs is 2. The van der Waals surface area contributed by atoms with Gasteiger partial charge in [0.05, 0.1) is 6.61 Å². The Morgan fingerprint density at radius 3 is 2.76 bits per heavy atom. The Labute approximate surface area is 126 Å². The zero-order chi connectivity index (χ0) is 14.2. The number of rotatable bonds is 6. The first kappa shape index (κ1) is 13.6. The van der Waals surface area contributed by atoms with Crippen molar-refractivity contribution in [2.24, 2.45) is 17.8 Å². The van der Waals surface area contributed by atoms with Gasteiger partial charge in [-0.25, -0.2) is 4.39 Å². The lowest BCUT2D eigenvalue weighted by molar-refractivity contribution is 0.188. The highest BCUT2D eigenvalue weighted by atomic mass is 19.1. The van der Waals surface area contributed by atoms with Crippen LogP contribution >= 0.6 is 0 Å². The van der Waals surface area contributed by atoms with Crippen molar-refractivity contribution in [1.82, 2.24) is 5.32 Å². The first-order valence-electron chi connectivity index (χ1n) is 8.43. The van der Waals surface area contributed by atoms with E-state index in [4.69, 9.17) is 4.74 Å². The van der Waals surface area contributed by atoms with Crippen LogP contribution in [0.25, 0.3) is 0 Å². The molecule has 0 radical (unpaired) electrons. The van der Waals surface area contributed by atoms with Gasteiger partial charge in [0.1, 0.15) is 0 Å². The predicted octanol–water partition coefficient (Wildman–Crippen LogP) is 3.89. The summed E-state index contributed by atoms with van der Waals surface area (Å²) in [7, 11) is 0. The molecule has 0 amide bonds. The molecule has 0 saturated heterocycles. The third-order valence-corrected chi connectivity index (χ3v) is 5.53. The lowest BCUT2D eigenvalue weighted by atomic mass is 9.89. The highest BCUT2D eigenvalue weighted by molar-refractivity contribution is 5.35. The Hall–Kier alpha value is -1.09. The van der Waals surface area contributed by atoms with Gasteiger partial charge in [-0.2, -0.15) is 0 Å². The van der Waals surface area contributed by atoms with E-state index >= 15 is 0 Å². The number of nitrogens with one attached hydrogen (secondary N) is 1. The molecule has 2 bridgehead atoms. The minimum absolute atomic E-state index is 0.215. The zero-order valence-corrected chi connectivity index (χ0v) is 12.5. The SMILES string of the molecule is Fc1cccc(CNC2CC2)c1OCC1CC2CCC1C2. The predicted molar refractivity (Wildman–Crippen MR) is 80.7 cm³/mol. The molecular formula is C18H24FNO. The van der Waals surface area contributed by atoms with E-state index in [-0.39, 0.29) is 5.82 Å². The van der Waals surface area contributed by atoms with Gasteiger partial charge in [-0.05, 0) is 55.9 Å². The molecule has 3 unspecified atom stereocenters. The van der Waals surface area contributed by atoms with E-state index in [0.717, 1.165) is 17.4 Å². The molecule has 3 saturated carbocycles. The summed E-state index contributed by atoms with van der Waals surface area (Å²) in [5, 5.41) is 3.45. The summed E-state index contributed by atoms with van der Waals surface area (Å²) < 4.78 is 20.0. The molecule has 1 aromatic carbocycles. The fourth-order valence-electron chi connectivity index (χ4n) is 4.17. The molecule has 114 valence electrons. The minimum atomic E-state index is -0.215. The van der Waals surface area contributed by atoms with E-state index in [1.54, 1.807) is 6.07 Å². The van der Waals surface area contributed by atoms with Crippen molar-refractivity contribution in [3.63, 3.8) is 0 Å². The normalized spacial score (nSPS) is 30.8. The lowest BCUT2D eigenvalue weighted by Crippen LogP contribution is -2.20. The molecule has 4 rings (SSSR count). The number of hydrogen-bond donors (Lipinski definition) is 1. The van der Waals surface area contributed by atoms with Crippen molar-refractivity contribution in [3.8, 4) is 5.75 Å². The molecule has 0 aromatic heterocycles. The quantitative estimate of drug-likeness (QED) is 0.857. The van der Waals surface area contributed by atoms with E-state index in [1.807, 2.05) is 6.07 Å². The van der Waals surface area contributed by atoms with E-state index in [1.165, 1.54) is 44.6 Å². The number of para-hydroxylation sites is 1. The Kier molecular flexibility index (Phi) is 3.62. The highest BCUT2D eigenvalue weighted by Gasteiger charge is 2.39. The molecule has 3 fully saturated rings. The molecule has 0 heterocycles. The van der Waals surface area contributed by atoms with E-state index < -0.39 is 0 Å². The number of hydrogen-bond acceptors (Lipinski definition) is 2. The van der Waals surface area contributed by atoms with E-state index in [2.05, 4.69) is 5.32 Å². The molecule has 1 aromatic rings. The second kappa shape index (κ2) is 5.60. The van der Waals surface area contributed by atoms with Crippen LogP contribution in [-0.4, -0.2) is 12.6 Å². The van der Waals surface area contributed by atoms with Gasteiger partial charge in [-0.1, -0.05) is 18.6 Å². The number of halogens is 1. The van der Waals surface area contributed by atoms with Gasteiger partial charge in [0, 0.05) is 18.2 Å². The Bertz CT molecular complexity index is 514. The van der Waals surface area contributed by atoms with Gasteiger partial charge in [-0.15, -0.1) is 0 Å². The lowest BCUT2D eigenvalue weighted by Gasteiger charge is -2.22. The molecule has 0 spiro atoms. The summed E-state index contributed by atoms with van der Waals surface area (Å²) in [5.74, 6) is 2.66. The highest BCUT2D eigenvalue weighted by Crippen LogP contribution is 2.48. The molecule has 0 aliphatic heterocycles. The van der Waals surface area contributed by atoms with Crippen LogP contribution in [0.15, 0.2) is 18.2 Å². The summed E-state index contributed by atoms with van der Waals surface area (Å²) in [6.45, 7) is 1.41. The van der Waals surface area contributed by atoms with Gasteiger partial charge in [0.25, 0.3) is 0 Å². The monoisotopic (exact) mass is 289 g/mol. The van der Waals surface area contributed by atoms with Crippen LogP contribution < -0.4 is 10.1 Å². The smallest absolute Gasteiger partial charge is 0.165 e. The van der Waals surface area contributed by atoms with Crippen molar-refractivity contribution in [3.05, 3.63) is 29.6 Å². The Morgan fingerprint density at radius 2 is 2.05 bits per heavy atom. The maximum Gasteiger partial charge on any atom is 0.165 e. The summed E-state index contributed by atoms with van der Waals surface area (Å²) >= 11 is 0. The van der Waals surface area contributed by atoms with Crippen LogP contribution in [0.5, 0.6) is 5.75 Å². The van der Waals surface area contributed by atoms with Gasteiger partial charge >= 0.3 is 0 Å². The van der Waals surface area contributed by atoms with Gasteiger partial charge in [0.2, 0.25) is 0 Å². The average Bonchev–Trinajstić information content (AvgIpc) is 3.09. The molecular weight excluding hydrogens is 265 g/mol. The molecule has 3 aliphatic carbocycles. The van der Waals surface area contributed by atoms with Crippen LogP contribution in [0.3, 0.4) is 0 Å². The fraction of sp³-hybridized carbons (Fsp3) is 0.667. The second-order valence-electron chi connectivity index (χ2n) is 7.13. The van der Waals surface area contributed by atoms with Gasteiger partial charge in [0.15, 0.2) is 11.6 Å². The number of benzene rings is 1. The first-order valence-corrected chi connectivity index (χ1v) is 8.43.